The van der Waals surface area contributed by atoms with Crippen molar-refractivity contribution in [2.24, 2.45) is 5.92 Å². The molecule has 2 heterocycles. The Morgan fingerprint density at radius 2 is 1.87 bits per heavy atom. The molecule has 2 saturated heterocycles. The first-order valence-electron chi connectivity index (χ1n) is 8.47. The third kappa shape index (κ3) is 4.45. The highest BCUT2D eigenvalue weighted by Crippen LogP contribution is 2.27. The number of carbonyl (C=O) groups excluding carboxylic acids is 3. The van der Waals surface area contributed by atoms with Crippen LogP contribution in [0.3, 0.4) is 0 Å². The molecule has 2 aliphatic rings. The van der Waals surface area contributed by atoms with Crippen molar-refractivity contribution in [3.63, 3.8) is 0 Å². The largest absolute Gasteiger partial charge is 0.444 e. The number of amides is 2. The van der Waals surface area contributed by atoms with Crippen LogP contribution in [0.1, 0.15) is 53.4 Å². The molecule has 0 saturated carbocycles. The number of hydrogen-bond donors (Lipinski definition) is 0. The lowest BCUT2D eigenvalue weighted by molar-refractivity contribution is -0.141. The fraction of sp³-hybridized carbons (Fsp3) is 0.824. The maximum Gasteiger partial charge on any atom is 0.410 e. The fourth-order valence-corrected chi connectivity index (χ4v) is 3.39. The number of hydrogen-bond acceptors (Lipinski definition) is 4. The number of nitrogens with zero attached hydrogens (tertiary/aromatic N) is 2. The minimum Gasteiger partial charge on any atom is -0.444 e. The number of Topliss-reactive ketones (excluding diaryl/α,β-unsaturated/α-hetero) is 1. The van der Waals surface area contributed by atoms with Gasteiger partial charge >= 0.3 is 6.09 Å². The number of rotatable bonds is 2. The predicted octanol–water partition coefficient (Wildman–Crippen LogP) is 2.21. The van der Waals surface area contributed by atoms with Gasteiger partial charge in [0.1, 0.15) is 11.4 Å². The van der Waals surface area contributed by atoms with E-state index in [1.54, 1.807) is 11.8 Å². The molecule has 23 heavy (non-hydrogen) atoms. The van der Waals surface area contributed by atoms with Gasteiger partial charge in [0.2, 0.25) is 5.91 Å². The zero-order chi connectivity index (χ0) is 17.2. The van der Waals surface area contributed by atoms with E-state index >= 15 is 0 Å². The van der Waals surface area contributed by atoms with Crippen LogP contribution in [0.5, 0.6) is 0 Å². The Kier molecular flexibility index (Phi) is 5.32. The number of ketones is 1. The Bertz CT molecular complexity index is 483. The Labute approximate surface area is 138 Å². The normalized spacial score (nSPS) is 26.2. The molecule has 0 aliphatic carbocycles. The third-order valence-corrected chi connectivity index (χ3v) is 4.52. The van der Waals surface area contributed by atoms with Gasteiger partial charge in [0.15, 0.2) is 0 Å². The van der Waals surface area contributed by atoms with Gasteiger partial charge in [-0.05, 0) is 47.0 Å². The lowest BCUT2D eigenvalue weighted by Gasteiger charge is -2.44. The van der Waals surface area contributed by atoms with Crippen molar-refractivity contribution in [3.05, 3.63) is 0 Å². The van der Waals surface area contributed by atoms with Crippen LogP contribution >= 0.6 is 0 Å². The highest BCUT2D eigenvalue weighted by molar-refractivity contribution is 5.82. The number of ether oxygens (including phenoxy) is 1. The van der Waals surface area contributed by atoms with Gasteiger partial charge < -0.3 is 14.5 Å². The SMILES string of the molecule is CC(=O)[C@H]1CCN(C(=O)OC(C)(C)C)C[C@@H]1N1CCCCC1=O. The quantitative estimate of drug-likeness (QED) is 0.781. The topological polar surface area (TPSA) is 66.9 Å². The second kappa shape index (κ2) is 6.89. The van der Waals surface area contributed by atoms with Crippen LogP contribution in [0.15, 0.2) is 0 Å². The Morgan fingerprint density at radius 1 is 1.17 bits per heavy atom. The highest BCUT2D eigenvalue weighted by Gasteiger charge is 2.40. The van der Waals surface area contributed by atoms with Gasteiger partial charge in [-0.25, -0.2) is 4.79 Å². The molecule has 0 aromatic carbocycles. The molecule has 130 valence electrons. The lowest BCUT2D eigenvalue weighted by atomic mass is 9.86. The summed E-state index contributed by atoms with van der Waals surface area (Å²) >= 11 is 0. The minimum absolute atomic E-state index is 0.0946. The van der Waals surface area contributed by atoms with E-state index in [1.807, 2.05) is 25.7 Å². The van der Waals surface area contributed by atoms with Crippen molar-refractivity contribution >= 4 is 17.8 Å². The predicted molar refractivity (Wildman–Crippen MR) is 85.9 cm³/mol. The van der Waals surface area contributed by atoms with E-state index in [2.05, 4.69) is 0 Å². The van der Waals surface area contributed by atoms with E-state index in [4.69, 9.17) is 4.74 Å². The summed E-state index contributed by atoms with van der Waals surface area (Å²) in [4.78, 5) is 40.0. The highest BCUT2D eigenvalue weighted by atomic mass is 16.6. The summed E-state index contributed by atoms with van der Waals surface area (Å²) in [5.74, 6) is 0.00601. The summed E-state index contributed by atoms with van der Waals surface area (Å²) in [7, 11) is 0. The van der Waals surface area contributed by atoms with E-state index in [0.29, 0.717) is 32.5 Å². The second-order valence-electron chi connectivity index (χ2n) is 7.54. The zero-order valence-electron chi connectivity index (χ0n) is 14.6. The maximum absolute atomic E-state index is 12.3. The van der Waals surface area contributed by atoms with E-state index in [-0.39, 0.29) is 29.7 Å². The van der Waals surface area contributed by atoms with Crippen LogP contribution in [0.25, 0.3) is 0 Å². The van der Waals surface area contributed by atoms with E-state index in [1.165, 1.54) is 0 Å². The van der Waals surface area contributed by atoms with Gasteiger partial charge in [0.05, 0.1) is 6.04 Å². The monoisotopic (exact) mass is 324 g/mol. The summed E-state index contributed by atoms with van der Waals surface area (Å²) in [6.45, 7) is 8.63. The lowest BCUT2D eigenvalue weighted by Crippen LogP contribution is -2.58. The molecule has 0 N–H and O–H groups in total. The molecule has 0 spiro atoms. The molecular weight excluding hydrogens is 296 g/mol. The molecule has 2 atom stereocenters. The molecule has 2 aliphatic heterocycles. The summed E-state index contributed by atoms with van der Waals surface area (Å²) in [6.07, 6.45) is 2.62. The molecule has 0 unspecified atom stereocenters. The van der Waals surface area contributed by atoms with Crippen molar-refractivity contribution in [1.29, 1.82) is 0 Å². The summed E-state index contributed by atoms with van der Waals surface area (Å²) in [5, 5.41) is 0. The van der Waals surface area contributed by atoms with Crippen LogP contribution in [0, 0.1) is 5.92 Å². The van der Waals surface area contributed by atoms with Crippen LogP contribution < -0.4 is 0 Å². The molecule has 2 rings (SSSR count). The fourth-order valence-electron chi connectivity index (χ4n) is 3.39. The van der Waals surface area contributed by atoms with Gasteiger partial charge in [-0.2, -0.15) is 0 Å². The van der Waals surface area contributed by atoms with Gasteiger partial charge in [0.25, 0.3) is 0 Å². The van der Waals surface area contributed by atoms with Crippen molar-refractivity contribution in [1.82, 2.24) is 9.80 Å². The van der Waals surface area contributed by atoms with E-state index in [9.17, 15) is 14.4 Å². The molecule has 2 amide bonds. The van der Waals surface area contributed by atoms with Crippen LogP contribution in [-0.2, 0) is 14.3 Å². The molecule has 0 radical (unpaired) electrons. The molecule has 6 heteroatoms. The van der Waals surface area contributed by atoms with Crippen LogP contribution in [0.2, 0.25) is 0 Å². The minimum atomic E-state index is -0.551. The van der Waals surface area contributed by atoms with Gasteiger partial charge in [-0.15, -0.1) is 0 Å². The van der Waals surface area contributed by atoms with Crippen LogP contribution in [-0.4, -0.2) is 58.9 Å². The first kappa shape index (κ1) is 17.8. The average Bonchev–Trinajstić information content (AvgIpc) is 2.45. The van der Waals surface area contributed by atoms with E-state index in [0.717, 1.165) is 12.8 Å². The van der Waals surface area contributed by atoms with Gasteiger partial charge in [-0.1, -0.05) is 0 Å². The summed E-state index contributed by atoms with van der Waals surface area (Å²) in [5.41, 5.74) is -0.551. The summed E-state index contributed by atoms with van der Waals surface area (Å²) in [6, 6.07) is -0.221. The third-order valence-electron chi connectivity index (χ3n) is 4.52. The molecular formula is C17H28N2O4. The average molecular weight is 324 g/mol. The zero-order valence-corrected chi connectivity index (χ0v) is 14.6. The van der Waals surface area contributed by atoms with E-state index < -0.39 is 5.60 Å². The smallest absolute Gasteiger partial charge is 0.410 e. The van der Waals surface area contributed by atoms with Crippen molar-refractivity contribution in [2.75, 3.05) is 19.6 Å². The first-order chi connectivity index (χ1) is 10.7. The van der Waals surface area contributed by atoms with Crippen molar-refractivity contribution < 1.29 is 19.1 Å². The standard InChI is InChI=1S/C17H28N2O4/c1-12(20)13-8-10-18(16(22)23-17(2,3)4)11-14(13)19-9-6-5-7-15(19)21/h13-14H,5-11H2,1-4H3/t13-,14+/m1/s1. The molecule has 6 nitrogen and oxygen atoms in total. The molecule has 0 aromatic heterocycles. The van der Waals surface area contributed by atoms with Gasteiger partial charge in [-0.3, -0.25) is 9.59 Å². The second-order valence-corrected chi connectivity index (χ2v) is 7.54. The number of piperidine rings is 2. The first-order valence-corrected chi connectivity index (χ1v) is 8.47. The Morgan fingerprint density at radius 3 is 2.43 bits per heavy atom. The molecule has 2 fully saturated rings. The summed E-state index contributed by atoms with van der Waals surface area (Å²) < 4.78 is 5.43. The van der Waals surface area contributed by atoms with Gasteiger partial charge in [0, 0.05) is 32.0 Å². The van der Waals surface area contributed by atoms with Crippen LogP contribution in [0.4, 0.5) is 4.79 Å². The number of likely N-dealkylation sites (tertiary alicyclic amines) is 2. The molecule has 0 aromatic rings. The van der Waals surface area contributed by atoms with Crippen molar-refractivity contribution in [3.8, 4) is 0 Å². The Hall–Kier alpha value is -1.59. The number of carbonyl (C=O) groups is 3. The Balaban J connectivity index is 2.12. The molecule has 0 bridgehead atoms. The maximum atomic E-state index is 12.3. The van der Waals surface area contributed by atoms with Crippen molar-refractivity contribution in [2.45, 2.75) is 65.0 Å².